The molecule has 4 rings (SSSR count). The van der Waals surface area contributed by atoms with Crippen LogP contribution in [0.15, 0.2) is 57.5 Å². The first-order valence-corrected chi connectivity index (χ1v) is 12.1. The minimum absolute atomic E-state index is 0.0109. The van der Waals surface area contributed by atoms with Crippen molar-refractivity contribution in [3.63, 3.8) is 0 Å². The number of hydrogen-bond acceptors (Lipinski definition) is 9. The number of rotatable bonds is 7. The van der Waals surface area contributed by atoms with E-state index in [4.69, 9.17) is 14.2 Å². The molecule has 2 aromatic carbocycles. The van der Waals surface area contributed by atoms with Gasteiger partial charge in [0, 0.05) is 0 Å². The van der Waals surface area contributed by atoms with Gasteiger partial charge in [-0.05, 0) is 62.2 Å². The summed E-state index contributed by atoms with van der Waals surface area (Å²) < 4.78 is 17.9. The Morgan fingerprint density at radius 1 is 1.11 bits per heavy atom. The molecule has 0 amide bonds. The van der Waals surface area contributed by atoms with E-state index in [9.17, 15) is 19.8 Å². The average molecular weight is 511 g/mol. The number of nitrogens with zero attached hydrogens (tertiary/aromatic N) is 2. The molecule has 1 aromatic heterocycles. The summed E-state index contributed by atoms with van der Waals surface area (Å²) in [5, 5.41) is 20.1. The minimum atomic E-state index is -0.836. The van der Waals surface area contributed by atoms with E-state index in [1.807, 2.05) is 0 Å². The van der Waals surface area contributed by atoms with Gasteiger partial charge < -0.3 is 24.4 Å². The molecular weight excluding hydrogens is 484 g/mol. The summed E-state index contributed by atoms with van der Waals surface area (Å²) in [5.74, 6) is -0.114. The quantitative estimate of drug-likeness (QED) is 0.469. The summed E-state index contributed by atoms with van der Waals surface area (Å²) >= 11 is 1.18. The Morgan fingerprint density at radius 2 is 1.83 bits per heavy atom. The van der Waals surface area contributed by atoms with Crippen LogP contribution in [0.1, 0.15) is 37.9 Å². The molecule has 188 valence electrons. The Kier molecular flexibility index (Phi) is 7.16. The van der Waals surface area contributed by atoms with Crippen molar-refractivity contribution in [1.82, 2.24) is 4.57 Å². The number of aromatic nitrogens is 1. The number of fused-ring (bicyclic) bond motifs is 1. The van der Waals surface area contributed by atoms with Crippen LogP contribution in [0.2, 0.25) is 0 Å². The van der Waals surface area contributed by atoms with E-state index in [1.54, 1.807) is 51.1 Å². The smallest absolute Gasteiger partial charge is 0.338 e. The molecule has 1 aliphatic rings. The van der Waals surface area contributed by atoms with E-state index in [0.717, 1.165) is 0 Å². The van der Waals surface area contributed by atoms with E-state index >= 15 is 0 Å². The number of phenols is 2. The summed E-state index contributed by atoms with van der Waals surface area (Å²) in [7, 11) is 1.45. The van der Waals surface area contributed by atoms with Gasteiger partial charge in [0.15, 0.2) is 27.8 Å². The number of esters is 1. The number of ether oxygens (including phenoxy) is 3. The van der Waals surface area contributed by atoms with Crippen molar-refractivity contribution in [2.24, 2.45) is 4.99 Å². The van der Waals surface area contributed by atoms with Crippen LogP contribution in [0.4, 0.5) is 0 Å². The number of methoxy groups -OCH3 is 1. The molecule has 0 saturated heterocycles. The second kappa shape index (κ2) is 10.3. The number of allylic oxidation sites excluding steroid dienone is 1. The minimum Gasteiger partial charge on any atom is -0.504 e. The first-order valence-electron chi connectivity index (χ1n) is 11.3. The van der Waals surface area contributed by atoms with Crippen LogP contribution in [-0.2, 0) is 9.53 Å². The maximum absolute atomic E-state index is 13.7. The second-order valence-electron chi connectivity index (χ2n) is 7.89. The lowest BCUT2D eigenvalue weighted by molar-refractivity contribution is -0.139. The van der Waals surface area contributed by atoms with Crippen molar-refractivity contribution in [1.29, 1.82) is 0 Å². The number of benzene rings is 2. The highest BCUT2D eigenvalue weighted by Crippen LogP contribution is 2.35. The van der Waals surface area contributed by atoms with Crippen molar-refractivity contribution < 1.29 is 29.2 Å². The second-order valence-corrected chi connectivity index (χ2v) is 8.90. The normalized spacial score (nSPS) is 15.3. The highest BCUT2D eigenvalue weighted by molar-refractivity contribution is 7.07. The summed E-state index contributed by atoms with van der Waals surface area (Å²) in [6.45, 7) is 5.69. The van der Waals surface area contributed by atoms with Gasteiger partial charge in [-0.2, -0.15) is 0 Å². The third kappa shape index (κ3) is 4.59. The van der Waals surface area contributed by atoms with Gasteiger partial charge in [-0.15, -0.1) is 0 Å². The fourth-order valence-corrected chi connectivity index (χ4v) is 5.06. The highest BCUT2D eigenvalue weighted by atomic mass is 32.1. The number of phenolic OH excluding ortho intramolecular Hbond substituents is 2. The van der Waals surface area contributed by atoms with Gasteiger partial charge in [-0.1, -0.05) is 23.5 Å². The molecule has 0 spiro atoms. The fourth-order valence-electron chi connectivity index (χ4n) is 4.01. The molecule has 0 bridgehead atoms. The molecule has 0 aliphatic carbocycles. The van der Waals surface area contributed by atoms with Crippen molar-refractivity contribution >= 4 is 23.4 Å². The van der Waals surface area contributed by atoms with Crippen molar-refractivity contribution in [3.05, 3.63) is 78.5 Å². The van der Waals surface area contributed by atoms with E-state index in [1.165, 1.54) is 35.1 Å². The van der Waals surface area contributed by atoms with Crippen LogP contribution in [0.3, 0.4) is 0 Å². The molecule has 2 heterocycles. The number of thiazole rings is 1. The lowest BCUT2D eigenvalue weighted by Gasteiger charge is -2.25. The predicted octanol–water partition coefficient (Wildman–Crippen LogP) is 2.62. The Morgan fingerprint density at radius 3 is 2.53 bits per heavy atom. The zero-order valence-electron chi connectivity index (χ0n) is 20.3. The van der Waals surface area contributed by atoms with E-state index in [2.05, 4.69) is 4.99 Å². The van der Waals surface area contributed by atoms with Crippen LogP contribution in [0.5, 0.6) is 23.0 Å². The molecule has 2 N–H and O–H groups in total. The predicted molar refractivity (Wildman–Crippen MR) is 134 cm³/mol. The van der Waals surface area contributed by atoms with Gasteiger partial charge in [-0.3, -0.25) is 9.36 Å². The van der Waals surface area contributed by atoms with Crippen molar-refractivity contribution in [2.45, 2.75) is 26.8 Å². The molecule has 0 saturated carbocycles. The summed E-state index contributed by atoms with van der Waals surface area (Å²) in [6, 6.07) is 8.66. The first kappa shape index (κ1) is 25.1. The molecule has 0 fully saturated rings. The van der Waals surface area contributed by atoms with Gasteiger partial charge in [0.05, 0.1) is 42.2 Å². The van der Waals surface area contributed by atoms with Gasteiger partial charge in [0.25, 0.3) is 5.56 Å². The van der Waals surface area contributed by atoms with Crippen LogP contribution in [-0.4, -0.2) is 41.1 Å². The third-order valence-corrected chi connectivity index (χ3v) is 6.60. The van der Waals surface area contributed by atoms with Crippen LogP contribution in [0, 0.1) is 0 Å². The molecule has 1 atom stereocenters. The Balaban J connectivity index is 1.95. The van der Waals surface area contributed by atoms with Crippen LogP contribution >= 0.6 is 11.3 Å². The summed E-state index contributed by atoms with van der Waals surface area (Å²) in [4.78, 5) is 31.7. The summed E-state index contributed by atoms with van der Waals surface area (Å²) in [5.41, 5.74) is 1.53. The molecule has 3 aromatic rings. The summed E-state index contributed by atoms with van der Waals surface area (Å²) in [6.07, 6.45) is 1.68. The molecule has 9 nitrogen and oxygen atoms in total. The van der Waals surface area contributed by atoms with Crippen LogP contribution in [0.25, 0.3) is 6.08 Å². The van der Waals surface area contributed by atoms with Gasteiger partial charge in [0.2, 0.25) is 0 Å². The van der Waals surface area contributed by atoms with E-state index in [-0.39, 0.29) is 40.7 Å². The SMILES string of the molecule is CCOC(=O)C1=C(C)N=c2s/c(=C\c3ccc(O)c(OC)c3)c(=O)n2[C@H]1c1ccc(O)c(OCC)c1. The monoisotopic (exact) mass is 510 g/mol. The zero-order valence-corrected chi connectivity index (χ0v) is 21.1. The first-order chi connectivity index (χ1) is 17.3. The molecule has 0 radical (unpaired) electrons. The van der Waals surface area contributed by atoms with Gasteiger partial charge in [0.1, 0.15) is 0 Å². The standard InChI is InChI=1S/C26H26N2O7S/c1-5-34-20-13-16(8-10-18(20)30)23-22(25(32)35-6-2)14(3)27-26-28(23)24(31)21(36-26)12-15-7-9-17(29)19(11-15)33-4/h7-13,23,29-30H,5-6H2,1-4H3/b21-12-/t23-/m0/s1. The topological polar surface area (TPSA) is 120 Å². The fraction of sp³-hybridized carbons (Fsp3) is 0.269. The van der Waals surface area contributed by atoms with Crippen molar-refractivity contribution in [3.8, 4) is 23.0 Å². The average Bonchev–Trinajstić information content (AvgIpc) is 3.15. The van der Waals surface area contributed by atoms with Gasteiger partial charge in [-0.25, -0.2) is 9.79 Å². The third-order valence-electron chi connectivity index (χ3n) is 5.62. The number of aromatic hydroxyl groups is 2. The molecular formula is C26H26N2O7S. The van der Waals surface area contributed by atoms with E-state index in [0.29, 0.717) is 32.8 Å². The molecule has 10 heteroatoms. The molecule has 0 unspecified atom stereocenters. The van der Waals surface area contributed by atoms with Gasteiger partial charge >= 0.3 is 5.97 Å². The number of carbonyl (C=O) groups excluding carboxylic acids is 1. The lowest BCUT2D eigenvalue weighted by atomic mass is 9.95. The highest BCUT2D eigenvalue weighted by Gasteiger charge is 2.33. The van der Waals surface area contributed by atoms with Crippen LogP contribution < -0.4 is 24.4 Å². The maximum atomic E-state index is 13.7. The zero-order chi connectivity index (χ0) is 26.0. The Hall–Kier alpha value is -4.05. The Labute approximate surface area is 210 Å². The number of hydrogen-bond donors (Lipinski definition) is 2. The molecule has 1 aliphatic heterocycles. The van der Waals surface area contributed by atoms with E-state index < -0.39 is 12.0 Å². The largest absolute Gasteiger partial charge is 0.504 e. The van der Waals surface area contributed by atoms with Crippen molar-refractivity contribution in [2.75, 3.05) is 20.3 Å². The maximum Gasteiger partial charge on any atom is 0.338 e. The molecule has 36 heavy (non-hydrogen) atoms. The Bertz CT molecular complexity index is 1530. The number of carbonyl (C=O) groups is 1. The lowest BCUT2D eigenvalue weighted by Crippen LogP contribution is -2.39.